The number of carbonyl (C=O) groups excluding carboxylic acids is 1. The molecule has 0 atom stereocenters. The van der Waals surface area contributed by atoms with Crippen molar-refractivity contribution in [1.29, 1.82) is 0 Å². The van der Waals surface area contributed by atoms with Crippen LogP contribution in [0.15, 0.2) is 54.6 Å². The monoisotopic (exact) mass is 376 g/mol. The van der Waals surface area contributed by atoms with Gasteiger partial charge < -0.3 is 5.11 Å². The molecular formula is C20H25ClO3Si. The lowest BCUT2D eigenvalue weighted by molar-refractivity contribution is -0.149. The number of carbonyl (C=O) groups is 2. The molecule has 0 radical (unpaired) electrons. The van der Waals surface area contributed by atoms with Gasteiger partial charge in [0.15, 0.2) is 0 Å². The van der Waals surface area contributed by atoms with Gasteiger partial charge in [0.25, 0.3) is 0 Å². The number of Topliss-reactive ketones (excluding diaryl/α,β-unsaturated/α-hetero) is 1. The van der Waals surface area contributed by atoms with E-state index in [4.69, 9.17) is 16.7 Å². The van der Waals surface area contributed by atoms with Crippen LogP contribution in [-0.2, 0) is 9.59 Å². The van der Waals surface area contributed by atoms with Gasteiger partial charge >= 0.3 is 5.97 Å². The summed E-state index contributed by atoms with van der Waals surface area (Å²) >= 11 is 5.80. The van der Waals surface area contributed by atoms with Crippen molar-refractivity contribution in [3.8, 4) is 11.1 Å². The molecule has 0 amide bonds. The number of ketones is 1. The third-order valence-corrected chi connectivity index (χ3v) is 5.63. The molecule has 0 heterocycles. The molecule has 0 saturated carbocycles. The van der Waals surface area contributed by atoms with Gasteiger partial charge in [-0.15, -0.1) is 0 Å². The highest BCUT2D eigenvalue weighted by Crippen LogP contribution is 2.20. The number of hydrogen-bond donors (Lipinski definition) is 1. The molecule has 0 aliphatic heterocycles. The lowest BCUT2D eigenvalue weighted by Gasteiger charge is -2.13. The molecule has 5 heteroatoms. The molecule has 0 fully saturated rings. The summed E-state index contributed by atoms with van der Waals surface area (Å²) in [6.45, 7) is 6.62. The molecular weight excluding hydrogens is 352 g/mol. The maximum Gasteiger partial charge on any atom is 0.372 e. The van der Waals surface area contributed by atoms with Crippen LogP contribution in [0.4, 0.5) is 0 Å². The topological polar surface area (TPSA) is 54.4 Å². The molecule has 1 N–H and O–H groups in total. The first kappa shape index (κ1) is 21.1. The molecule has 0 aliphatic rings. The van der Waals surface area contributed by atoms with E-state index in [1.54, 1.807) is 0 Å². The van der Waals surface area contributed by atoms with Crippen LogP contribution in [0, 0.1) is 0 Å². The Kier molecular flexibility index (Phi) is 8.59. The summed E-state index contributed by atoms with van der Waals surface area (Å²) in [4.78, 5) is 20.8. The summed E-state index contributed by atoms with van der Waals surface area (Å²) in [7, 11) is -1.10. The minimum Gasteiger partial charge on any atom is -0.476 e. The van der Waals surface area contributed by atoms with E-state index in [-0.39, 0.29) is 6.42 Å². The van der Waals surface area contributed by atoms with Crippen molar-refractivity contribution in [3.63, 3.8) is 0 Å². The van der Waals surface area contributed by atoms with Gasteiger partial charge in [0, 0.05) is 19.5 Å². The number of carboxylic acids is 1. The number of carboxylic acid groups (broad SMARTS) is 1. The molecule has 3 nitrogen and oxygen atoms in total. The van der Waals surface area contributed by atoms with E-state index in [0.717, 1.165) is 17.5 Å². The van der Waals surface area contributed by atoms with Crippen LogP contribution in [0.25, 0.3) is 11.1 Å². The van der Waals surface area contributed by atoms with Crippen LogP contribution in [0.3, 0.4) is 0 Å². The highest BCUT2D eigenvalue weighted by Gasteiger charge is 2.15. The zero-order valence-corrected chi connectivity index (χ0v) is 16.7. The van der Waals surface area contributed by atoms with Crippen molar-refractivity contribution in [2.24, 2.45) is 0 Å². The van der Waals surface area contributed by atoms with Crippen LogP contribution in [0.1, 0.15) is 12.8 Å². The molecule has 0 aromatic heterocycles. The Balaban J connectivity index is 0.000000252. The Labute approximate surface area is 155 Å². The quantitative estimate of drug-likeness (QED) is 0.514. The second-order valence-corrected chi connectivity index (χ2v) is 13.1. The molecule has 2 aromatic carbocycles. The first-order valence-electron chi connectivity index (χ1n) is 8.26. The average molecular weight is 377 g/mol. The van der Waals surface area contributed by atoms with Crippen molar-refractivity contribution >= 4 is 31.4 Å². The van der Waals surface area contributed by atoms with Gasteiger partial charge in [0.1, 0.15) is 0 Å². The first-order valence-corrected chi connectivity index (χ1v) is 12.3. The van der Waals surface area contributed by atoms with Crippen LogP contribution < -0.4 is 0 Å². The van der Waals surface area contributed by atoms with E-state index in [1.807, 2.05) is 42.5 Å². The van der Waals surface area contributed by atoms with Crippen LogP contribution in [0.5, 0.6) is 0 Å². The Morgan fingerprint density at radius 3 is 1.92 bits per heavy atom. The highest BCUT2D eigenvalue weighted by atomic mass is 35.5. The number of hydrogen-bond acceptors (Lipinski definition) is 2. The zero-order valence-electron chi connectivity index (χ0n) is 15.0. The number of rotatable bonds is 6. The summed E-state index contributed by atoms with van der Waals surface area (Å²) in [5.74, 6) is -1.96. The van der Waals surface area contributed by atoms with Gasteiger partial charge in [0.2, 0.25) is 5.78 Å². The summed E-state index contributed by atoms with van der Waals surface area (Å²) in [6, 6.07) is 19.1. The number of halogens is 1. The Hall–Kier alpha value is -1.91. The van der Waals surface area contributed by atoms with Gasteiger partial charge in [-0.2, -0.15) is 0 Å². The van der Waals surface area contributed by atoms with Crippen molar-refractivity contribution < 1.29 is 14.7 Å². The van der Waals surface area contributed by atoms with Crippen LogP contribution in [-0.4, -0.2) is 24.9 Å². The predicted octanol–water partition coefficient (Wildman–Crippen LogP) is 5.77. The largest absolute Gasteiger partial charge is 0.476 e. The van der Waals surface area contributed by atoms with Crippen LogP contribution >= 0.6 is 11.6 Å². The molecule has 2 rings (SSSR count). The smallest absolute Gasteiger partial charge is 0.372 e. The maximum absolute atomic E-state index is 10.6. The summed E-state index contributed by atoms with van der Waals surface area (Å²) in [5, 5.41) is 9.05. The first-order chi connectivity index (χ1) is 11.7. The third-order valence-electron chi connectivity index (χ3n) is 3.52. The molecule has 0 aliphatic carbocycles. The van der Waals surface area contributed by atoms with Crippen LogP contribution in [0.2, 0.25) is 30.7 Å². The Morgan fingerprint density at radius 2 is 1.44 bits per heavy atom. The molecule has 0 saturated heterocycles. The van der Waals surface area contributed by atoms with E-state index in [1.165, 1.54) is 11.1 Å². The minimum absolute atomic E-state index is 0.194. The maximum atomic E-state index is 10.6. The van der Waals surface area contributed by atoms with E-state index in [2.05, 4.69) is 31.8 Å². The van der Waals surface area contributed by atoms with Crippen molar-refractivity contribution in [2.75, 3.05) is 0 Å². The highest BCUT2D eigenvalue weighted by molar-refractivity contribution is 6.76. The SMILES string of the molecule is C[Si](C)(C)CCCC(=O)C(=O)O.Clc1ccc(-c2ccccc2)cc1. The zero-order chi connectivity index (χ0) is 18.9. The summed E-state index contributed by atoms with van der Waals surface area (Å²) in [5.41, 5.74) is 2.42. The fourth-order valence-corrected chi connectivity index (χ4v) is 3.52. The Morgan fingerprint density at radius 1 is 0.920 bits per heavy atom. The fourth-order valence-electron chi connectivity index (χ4n) is 2.16. The summed E-state index contributed by atoms with van der Waals surface area (Å²) in [6.07, 6.45) is 0.917. The summed E-state index contributed by atoms with van der Waals surface area (Å²) < 4.78 is 0. The fraction of sp³-hybridized carbons (Fsp3) is 0.300. The van der Waals surface area contributed by atoms with Gasteiger partial charge in [-0.25, -0.2) is 4.79 Å². The van der Waals surface area contributed by atoms with E-state index in [9.17, 15) is 9.59 Å². The second-order valence-electron chi connectivity index (χ2n) is 7.02. The molecule has 2 aromatic rings. The third kappa shape index (κ3) is 9.22. The van der Waals surface area contributed by atoms with Gasteiger partial charge in [-0.3, -0.25) is 4.79 Å². The van der Waals surface area contributed by atoms with Crippen molar-refractivity contribution in [2.45, 2.75) is 38.5 Å². The van der Waals surface area contributed by atoms with Gasteiger partial charge in [-0.1, -0.05) is 79.8 Å². The molecule has 134 valence electrons. The van der Waals surface area contributed by atoms with Gasteiger partial charge in [-0.05, 0) is 29.7 Å². The van der Waals surface area contributed by atoms with Gasteiger partial charge in [0.05, 0.1) is 0 Å². The molecule has 0 bridgehead atoms. The molecule has 0 spiro atoms. The number of benzene rings is 2. The van der Waals surface area contributed by atoms with E-state index in [0.29, 0.717) is 0 Å². The standard InChI is InChI=1S/C12H9Cl.C8H16O3Si/c13-12-8-6-11(7-9-12)10-4-2-1-3-5-10;1-12(2,3)6-4-5-7(9)8(10)11/h1-9H;4-6H2,1-3H3,(H,10,11). The molecule has 0 unspecified atom stereocenters. The normalized spacial score (nSPS) is 10.6. The van der Waals surface area contributed by atoms with E-state index < -0.39 is 19.8 Å². The minimum atomic E-state index is -1.30. The van der Waals surface area contributed by atoms with E-state index >= 15 is 0 Å². The molecule has 25 heavy (non-hydrogen) atoms. The Bertz CT molecular complexity index is 676. The lowest BCUT2D eigenvalue weighted by Crippen LogP contribution is -2.20. The van der Waals surface area contributed by atoms with Crippen molar-refractivity contribution in [3.05, 3.63) is 59.6 Å². The second kappa shape index (κ2) is 10.2. The van der Waals surface area contributed by atoms with Crippen molar-refractivity contribution in [1.82, 2.24) is 0 Å². The average Bonchev–Trinajstić information content (AvgIpc) is 2.55. The lowest BCUT2D eigenvalue weighted by atomic mass is 10.1. The number of aliphatic carboxylic acids is 1. The predicted molar refractivity (Wildman–Crippen MR) is 107 cm³/mol.